The van der Waals surface area contributed by atoms with Crippen molar-refractivity contribution in [2.45, 2.75) is 25.9 Å². The molecule has 0 saturated heterocycles. The highest BCUT2D eigenvalue weighted by Gasteiger charge is 2.27. The number of alkyl halides is 3. The van der Waals surface area contributed by atoms with Gasteiger partial charge >= 0.3 is 12.1 Å². The Balaban J connectivity index is 1.77. The van der Waals surface area contributed by atoms with Crippen LogP contribution in [0.4, 0.5) is 13.2 Å². The van der Waals surface area contributed by atoms with Crippen LogP contribution in [-0.2, 0) is 29.2 Å². The number of guanidine groups is 1. The van der Waals surface area contributed by atoms with Gasteiger partial charge in [0.1, 0.15) is 6.61 Å². The smallest absolute Gasteiger partial charge is 0.411 e. The number of carbonyl (C=O) groups is 1. The second-order valence-corrected chi connectivity index (χ2v) is 6.39. The average molecular weight is 423 g/mol. The number of benzene rings is 2. The molecular weight excluding hydrogens is 399 g/mol. The summed E-state index contributed by atoms with van der Waals surface area (Å²) in [6.45, 7) is -0.351. The number of aliphatic imine (C=N–C) groups is 1. The molecule has 0 aliphatic heterocycles. The molecule has 0 aliphatic rings. The normalized spacial score (nSPS) is 11.8. The topological polar surface area (TPSA) is 72.0 Å². The van der Waals surface area contributed by atoms with Gasteiger partial charge in [-0.1, -0.05) is 36.4 Å². The summed E-state index contributed by atoms with van der Waals surface area (Å²) in [5.74, 6) is 0.203. The summed E-state index contributed by atoms with van der Waals surface area (Å²) in [5, 5.41) is 6.33. The second-order valence-electron chi connectivity index (χ2n) is 6.39. The van der Waals surface area contributed by atoms with Crippen LogP contribution in [0.25, 0.3) is 0 Å². The molecule has 6 nitrogen and oxygen atoms in total. The molecule has 2 aromatic rings. The SMILES string of the molecule is CN=C(NCc1ccc(COCC(F)(F)F)cc1)NCc1ccc(C(=O)OC)cc1. The monoisotopic (exact) mass is 423 g/mol. The number of esters is 1. The van der Waals surface area contributed by atoms with E-state index in [4.69, 9.17) is 0 Å². The second kappa shape index (κ2) is 11.2. The number of hydrogen-bond acceptors (Lipinski definition) is 4. The summed E-state index contributed by atoms with van der Waals surface area (Å²) in [7, 11) is 2.99. The fourth-order valence-electron chi connectivity index (χ4n) is 2.51. The van der Waals surface area contributed by atoms with Crippen molar-refractivity contribution in [3.05, 3.63) is 70.8 Å². The molecule has 30 heavy (non-hydrogen) atoms. The first-order valence-corrected chi connectivity index (χ1v) is 9.15. The Hall–Kier alpha value is -3.07. The van der Waals surface area contributed by atoms with Crippen molar-refractivity contribution in [1.82, 2.24) is 10.6 Å². The molecule has 0 fully saturated rings. The van der Waals surface area contributed by atoms with Gasteiger partial charge in [0, 0.05) is 20.1 Å². The molecule has 2 rings (SSSR count). The molecule has 0 heterocycles. The molecule has 0 atom stereocenters. The molecular formula is C21H24F3N3O3. The maximum atomic E-state index is 12.1. The molecule has 0 unspecified atom stereocenters. The molecule has 9 heteroatoms. The van der Waals surface area contributed by atoms with Gasteiger partial charge < -0.3 is 20.1 Å². The van der Waals surface area contributed by atoms with Crippen molar-refractivity contribution >= 4 is 11.9 Å². The molecule has 0 spiro atoms. The van der Waals surface area contributed by atoms with Gasteiger partial charge in [0.2, 0.25) is 0 Å². The summed E-state index contributed by atoms with van der Waals surface area (Å²) in [5.41, 5.74) is 3.06. The summed E-state index contributed by atoms with van der Waals surface area (Å²) >= 11 is 0. The summed E-state index contributed by atoms with van der Waals surface area (Å²) in [4.78, 5) is 15.6. The van der Waals surface area contributed by atoms with Crippen molar-refractivity contribution in [3.63, 3.8) is 0 Å². The standard InChI is InChI=1S/C21H24F3N3O3/c1-25-20(27-12-16-7-9-18(10-8-16)19(28)29-2)26-11-15-3-5-17(6-4-15)13-30-14-21(22,23)24/h3-10H,11-14H2,1-2H3,(H2,25,26,27). The van der Waals surface area contributed by atoms with Crippen LogP contribution >= 0.6 is 0 Å². The molecule has 0 amide bonds. The summed E-state index contributed by atoms with van der Waals surface area (Å²) in [6, 6.07) is 14.1. The van der Waals surface area contributed by atoms with E-state index in [0.29, 0.717) is 30.2 Å². The first-order chi connectivity index (χ1) is 14.3. The number of nitrogens with one attached hydrogen (secondary N) is 2. The number of carbonyl (C=O) groups excluding carboxylic acids is 1. The number of ether oxygens (including phenoxy) is 2. The lowest BCUT2D eigenvalue weighted by molar-refractivity contribution is -0.176. The van der Waals surface area contributed by atoms with Gasteiger partial charge in [-0.3, -0.25) is 4.99 Å². The van der Waals surface area contributed by atoms with Gasteiger partial charge in [-0.2, -0.15) is 13.2 Å². The highest BCUT2D eigenvalue weighted by atomic mass is 19.4. The van der Waals surface area contributed by atoms with Crippen LogP contribution in [0.15, 0.2) is 53.5 Å². The van der Waals surface area contributed by atoms with E-state index in [1.54, 1.807) is 31.3 Å². The Morgan fingerprint density at radius 1 is 0.933 bits per heavy atom. The highest BCUT2D eigenvalue weighted by Crippen LogP contribution is 2.15. The van der Waals surface area contributed by atoms with Crippen LogP contribution in [0.3, 0.4) is 0 Å². The zero-order valence-electron chi connectivity index (χ0n) is 16.8. The zero-order valence-corrected chi connectivity index (χ0v) is 16.8. The minimum atomic E-state index is -4.32. The lowest BCUT2D eigenvalue weighted by atomic mass is 10.1. The third-order valence-electron chi connectivity index (χ3n) is 4.08. The van der Waals surface area contributed by atoms with Gasteiger partial charge in [-0.05, 0) is 28.8 Å². The highest BCUT2D eigenvalue weighted by molar-refractivity contribution is 5.89. The molecule has 0 aliphatic carbocycles. The van der Waals surface area contributed by atoms with Gasteiger partial charge in [-0.25, -0.2) is 4.79 Å². The predicted molar refractivity (Wildman–Crippen MR) is 107 cm³/mol. The van der Waals surface area contributed by atoms with E-state index in [1.165, 1.54) is 7.11 Å². The van der Waals surface area contributed by atoms with Crippen molar-refractivity contribution in [2.75, 3.05) is 20.8 Å². The third-order valence-corrected chi connectivity index (χ3v) is 4.08. The van der Waals surface area contributed by atoms with E-state index in [9.17, 15) is 18.0 Å². The maximum Gasteiger partial charge on any atom is 0.411 e. The van der Waals surface area contributed by atoms with E-state index < -0.39 is 12.8 Å². The average Bonchev–Trinajstić information content (AvgIpc) is 2.74. The zero-order chi connectivity index (χ0) is 22.0. The first-order valence-electron chi connectivity index (χ1n) is 9.15. The molecule has 0 saturated carbocycles. The predicted octanol–water partition coefficient (Wildman–Crippen LogP) is 3.42. The van der Waals surface area contributed by atoms with Gasteiger partial charge in [-0.15, -0.1) is 0 Å². The quantitative estimate of drug-likeness (QED) is 0.387. The fraction of sp³-hybridized carbons (Fsp3) is 0.333. The van der Waals surface area contributed by atoms with E-state index in [-0.39, 0.29) is 12.6 Å². The van der Waals surface area contributed by atoms with E-state index in [2.05, 4.69) is 25.1 Å². The van der Waals surface area contributed by atoms with Crippen LogP contribution in [0, 0.1) is 0 Å². The lowest BCUT2D eigenvalue weighted by Gasteiger charge is -2.13. The van der Waals surface area contributed by atoms with Crippen molar-refractivity contribution in [1.29, 1.82) is 0 Å². The fourth-order valence-corrected chi connectivity index (χ4v) is 2.51. The molecule has 2 N–H and O–H groups in total. The Bertz CT molecular complexity index is 835. The van der Waals surface area contributed by atoms with Crippen LogP contribution in [-0.4, -0.2) is 38.9 Å². The summed E-state index contributed by atoms with van der Waals surface area (Å²) < 4.78 is 45.6. The Morgan fingerprint density at radius 3 is 1.90 bits per heavy atom. The van der Waals surface area contributed by atoms with Crippen LogP contribution in [0.2, 0.25) is 0 Å². The largest absolute Gasteiger partial charge is 0.465 e. The minimum Gasteiger partial charge on any atom is -0.465 e. The first kappa shape index (κ1) is 23.2. The van der Waals surface area contributed by atoms with Crippen molar-refractivity contribution < 1.29 is 27.4 Å². The van der Waals surface area contributed by atoms with Gasteiger partial charge in [0.15, 0.2) is 5.96 Å². The van der Waals surface area contributed by atoms with Crippen LogP contribution in [0.1, 0.15) is 27.0 Å². The maximum absolute atomic E-state index is 12.1. The molecule has 0 bridgehead atoms. The Labute approximate surface area is 173 Å². The van der Waals surface area contributed by atoms with Crippen LogP contribution in [0.5, 0.6) is 0 Å². The van der Waals surface area contributed by atoms with Gasteiger partial charge in [0.05, 0.1) is 19.3 Å². The Morgan fingerprint density at radius 2 is 1.43 bits per heavy atom. The summed E-state index contributed by atoms with van der Waals surface area (Å²) in [6.07, 6.45) is -4.32. The van der Waals surface area contributed by atoms with Crippen molar-refractivity contribution in [3.8, 4) is 0 Å². The number of methoxy groups -OCH3 is 1. The number of halogens is 3. The number of rotatable bonds is 8. The van der Waals surface area contributed by atoms with Gasteiger partial charge in [0.25, 0.3) is 0 Å². The molecule has 2 aromatic carbocycles. The third kappa shape index (κ3) is 8.12. The lowest BCUT2D eigenvalue weighted by Crippen LogP contribution is -2.36. The molecule has 0 radical (unpaired) electrons. The van der Waals surface area contributed by atoms with E-state index >= 15 is 0 Å². The molecule has 162 valence electrons. The van der Waals surface area contributed by atoms with E-state index in [0.717, 1.165) is 11.1 Å². The van der Waals surface area contributed by atoms with Crippen molar-refractivity contribution in [2.24, 2.45) is 4.99 Å². The Kier molecular flexibility index (Phi) is 8.67. The minimum absolute atomic E-state index is 0.0921. The number of nitrogens with zero attached hydrogens (tertiary/aromatic N) is 1. The van der Waals surface area contributed by atoms with Crippen LogP contribution < -0.4 is 10.6 Å². The van der Waals surface area contributed by atoms with E-state index in [1.807, 2.05) is 24.3 Å². The molecule has 0 aromatic heterocycles. The number of hydrogen-bond donors (Lipinski definition) is 2.